The fourth-order valence-electron chi connectivity index (χ4n) is 1.45. The molecule has 3 nitrogen and oxygen atoms in total. The summed E-state index contributed by atoms with van der Waals surface area (Å²) in [5.41, 5.74) is 1.74. The first kappa shape index (κ1) is 11.5. The fourth-order valence-corrected chi connectivity index (χ4v) is 1.45. The van der Waals surface area contributed by atoms with Crippen molar-refractivity contribution >= 4 is 0 Å². The van der Waals surface area contributed by atoms with Crippen molar-refractivity contribution in [1.82, 2.24) is 0 Å². The van der Waals surface area contributed by atoms with E-state index in [0.29, 0.717) is 11.3 Å². The number of hydrogen-bond donors (Lipinski definition) is 2. The standard InChI is InChI=1S/C14H14O3/c1-10-2-8-13(9-3-10)17-14(16)11-4-6-12(15)7-5-11/h2-9,14-16H,1H3. The number of ether oxygens (including phenoxy) is 1. The van der Waals surface area contributed by atoms with Crippen LogP contribution >= 0.6 is 0 Å². The number of hydrogen-bond acceptors (Lipinski definition) is 3. The lowest BCUT2D eigenvalue weighted by molar-refractivity contribution is -0.0194. The summed E-state index contributed by atoms with van der Waals surface area (Å²) >= 11 is 0. The topological polar surface area (TPSA) is 49.7 Å². The van der Waals surface area contributed by atoms with Crippen LogP contribution in [0.2, 0.25) is 0 Å². The van der Waals surface area contributed by atoms with Gasteiger partial charge in [0.05, 0.1) is 0 Å². The van der Waals surface area contributed by atoms with E-state index in [0.717, 1.165) is 5.56 Å². The number of aromatic hydroxyl groups is 1. The van der Waals surface area contributed by atoms with Gasteiger partial charge in [0.2, 0.25) is 6.29 Å². The van der Waals surface area contributed by atoms with Gasteiger partial charge in [-0.1, -0.05) is 17.7 Å². The first-order valence-corrected chi connectivity index (χ1v) is 5.35. The van der Waals surface area contributed by atoms with E-state index < -0.39 is 6.29 Å². The van der Waals surface area contributed by atoms with Crippen LogP contribution in [0.3, 0.4) is 0 Å². The van der Waals surface area contributed by atoms with Gasteiger partial charge in [-0.05, 0) is 43.3 Å². The molecule has 0 aliphatic heterocycles. The molecule has 0 spiro atoms. The highest BCUT2D eigenvalue weighted by atomic mass is 16.6. The molecule has 2 aromatic rings. The summed E-state index contributed by atoms with van der Waals surface area (Å²) in [7, 11) is 0. The zero-order valence-electron chi connectivity index (χ0n) is 9.50. The van der Waals surface area contributed by atoms with Gasteiger partial charge in [-0.3, -0.25) is 0 Å². The highest BCUT2D eigenvalue weighted by molar-refractivity contribution is 5.29. The number of aliphatic hydroxyl groups is 1. The maximum absolute atomic E-state index is 9.83. The van der Waals surface area contributed by atoms with Gasteiger partial charge in [0.1, 0.15) is 11.5 Å². The van der Waals surface area contributed by atoms with Crippen LogP contribution in [0.5, 0.6) is 11.5 Å². The van der Waals surface area contributed by atoms with Crippen molar-refractivity contribution < 1.29 is 14.9 Å². The smallest absolute Gasteiger partial charge is 0.224 e. The molecule has 0 saturated carbocycles. The Labute approximate surface area is 99.9 Å². The molecule has 0 saturated heterocycles. The zero-order valence-corrected chi connectivity index (χ0v) is 9.50. The van der Waals surface area contributed by atoms with Crippen molar-refractivity contribution in [2.75, 3.05) is 0 Å². The summed E-state index contributed by atoms with van der Waals surface area (Å²) in [6, 6.07) is 13.7. The molecule has 0 fully saturated rings. The van der Waals surface area contributed by atoms with Gasteiger partial charge in [-0.2, -0.15) is 0 Å². The fraction of sp³-hybridized carbons (Fsp3) is 0.143. The lowest BCUT2D eigenvalue weighted by atomic mass is 10.2. The molecule has 0 bridgehead atoms. The first-order chi connectivity index (χ1) is 8.15. The van der Waals surface area contributed by atoms with E-state index in [2.05, 4.69) is 0 Å². The Morgan fingerprint density at radius 1 is 0.941 bits per heavy atom. The van der Waals surface area contributed by atoms with Crippen molar-refractivity contribution in [3.8, 4) is 11.5 Å². The summed E-state index contributed by atoms with van der Waals surface area (Å²) in [5, 5.41) is 19.0. The van der Waals surface area contributed by atoms with Crippen molar-refractivity contribution in [2.45, 2.75) is 13.2 Å². The minimum absolute atomic E-state index is 0.163. The zero-order chi connectivity index (χ0) is 12.3. The number of benzene rings is 2. The Morgan fingerprint density at radius 3 is 2.12 bits per heavy atom. The van der Waals surface area contributed by atoms with Crippen molar-refractivity contribution in [1.29, 1.82) is 0 Å². The summed E-state index contributed by atoms with van der Waals surface area (Å²) in [6.07, 6.45) is -1.03. The average Bonchev–Trinajstić information content (AvgIpc) is 2.33. The van der Waals surface area contributed by atoms with E-state index in [4.69, 9.17) is 9.84 Å². The minimum atomic E-state index is -1.03. The first-order valence-electron chi connectivity index (χ1n) is 5.35. The maximum Gasteiger partial charge on any atom is 0.224 e. The lowest BCUT2D eigenvalue weighted by Crippen LogP contribution is -2.05. The van der Waals surface area contributed by atoms with E-state index in [1.807, 2.05) is 19.1 Å². The van der Waals surface area contributed by atoms with Gasteiger partial charge in [-0.25, -0.2) is 0 Å². The SMILES string of the molecule is Cc1ccc(OC(O)c2ccc(O)cc2)cc1. The van der Waals surface area contributed by atoms with Gasteiger partial charge >= 0.3 is 0 Å². The normalized spacial score (nSPS) is 12.1. The Bertz CT molecular complexity index is 474. The molecule has 0 heterocycles. The molecule has 0 aromatic heterocycles. The molecule has 0 radical (unpaired) electrons. The van der Waals surface area contributed by atoms with Crippen molar-refractivity contribution in [3.63, 3.8) is 0 Å². The highest BCUT2D eigenvalue weighted by Gasteiger charge is 2.08. The van der Waals surface area contributed by atoms with Gasteiger partial charge in [0, 0.05) is 5.56 Å². The van der Waals surface area contributed by atoms with Crippen LogP contribution in [-0.4, -0.2) is 10.2 Å². The number of aliphatic hydroxyl groups excluding tert-OH is 1. The van der Waals surface area contributed by atoms with Crippen molar-refractivity contribution in [2.24, 2.45) is 0 Å². The van der Waals surface area contributed by atoms with E-state index in [9.17, 15) is 5.11 Å². The van der Waals surface area contributed by atoms with Crippen LogP contribution < -0.4 is 4.74 Å². The van der Waals surface area contributed by atoms with Crippen LogP contribution in [0.25, 0.3) is 0 Å². The molecular weight excluding hydrogens is 216 g/mol. The summed E-state index contributed by atoms with van der Waals surface area (Å²) < 4.78 is 5.37. The second-order valence-corrected chi connectivity index (χ2v) is 3.87. The van der Waals surface area contributed by atoms with Gasteiger partial charge in [0.25, 0.3) is 0 Å². The Morgan fingerprint density at radius 2 is 1.53 bits per heavy atom. The predicted molar refractivity (Wildman–Crippen MR) is 64.9 cm³/mol. The highest BCUT2D eigenvalue weighted by Crippen LogP contribution is 2.21. The molecule has 0 amide bonds. The summed E-state index contributed by atoms with van der Waals surface area (Å²) in [4.78, 5) is 0. The number of phenolic OH excluding ortho intramolecular Hbond substituents is 1. The molecule has 0 aliphatic carbocycles. The predicted octanol–water partition coefficient (Wildman–Crippen LogP) is 2.77. The molecule has 17 heavy (non-hydrogen) atoms. The van der Waals surface area contributed by atoms with Gasteiger partial charge in [-0.15, -0.1) is 0 Å². The van der Waals surface area contributed by atoms with Crippen LogP contribution in [0, 0.1) is 6.92 Å². The van der Waals surface area contributed by atoms with Gasteiger partial charge < -0.3 is 14.9 Å². The molecule has 88 valence electrons. The van der Waals surface area contributed by atoms with Crippen LogP contribution in [0.15, 0.2) is 48.5 Å². The number of rotatable bonds is 3. The molecule has 1 unspecified atom stereocenters. The molecule has 3 heteroatoms. The third kappa shape index (κ3) is 2.98. The molecular formula is C14H14O3. The molecule has 0 aliphatic rings. The minimum Gasteiger partial charge on any atom is -0.508 e. The average molecular weight is 230 g/mol. The molecule has 1 atom stereocenters. The largest absolute Gasteiger partial charge is 0.508 e. The van der Waals surface area contributed by atoms with Crippen molar-refractivity contribution in [3.05, 3.63) is 59.7 Å². The number of aryl methyl sites for hydroxylation is 1. The van der Waals surface area contributed by atoms with E-state index in [-0.39, 0.29) is 5.75 Å². The second-order valence-electron chi connectivity index (χ2n) is 3.87. The van der Waals surface area contributed by atoms with Crippen LogP contribution in [0.1, 0.15) is 17.4 Å². The third-order valence-corrected chi connectivity index (χ3v) is 2.45. The van der Waals surface area contributed by atoms with E-state index in [1.54, 1.807) is 24.3 Å². The second kappa shape index (κ2) is 4.89. The van der Waals surface area contributed by atoms with Crippen LogP contribution in [-0.2, 0) is 0 Å². The Kier molecular flexibility index (Phi) is 3.30. The summed E-state index contributed by atoms with van der Waals surface area (Å²) in [6.45, 7) is 1.99. The molecule has 2 rings (SSSR count). The van der Waals surface area contributed by atoms with Gasteiger partial charge in [0.15, 0.2) is 0 Å². The van der Waals surface area contributed by atoms with Crippen LogP contribution in [0.4, 0.5) is 0 Å². The Balaban J connectivity index is 2.08. The number of phenols is 1. The quantitative estimate of drug-likeness (QED) is 0.797. The Hall–Kier alpha value is -2.00. The van der Waals surface area contributed by atoms with E-state index >= 15 is 0 Å². The maximum atomic E-state index is 9.83. The summed E-state index contributed by atoms with van der Waals surface area (Å²) in [5.74, 6) is 0.771. The lowest BCUT2D eigenvalue weighted by Gasteiger charge is -2.13. The monoisotopic (exact) mass is 230 g/mol. The third-order valence-electron chi connectivity index (χ3n) is 2.45. The molecule has 2 N–H and O–H groups in total. The molecule has 2 aromatic carbocycles. The van der Waals surface area contributed by atoms with E-state index in [1.165, 1.54) is 12.1 Å².